The van der Waals surface area contributed by atoms with Crippen LogP contribution in [0.1, 0.15) is 34.2 Å². The van der Waals surface area contributed by atoms with E-state index in [0.29, 0.717) is 0 Å². The van der Waals surface area contributed by atoms with Gasteiger partial charge in [0, 0.05) is 0 Å². The molecule has 0 amide bonds. The molecule has 162 valence electrons. The molecule has 0 fully saturated rings. The molecule has 0 unspecified atom stereocenters. The fraction of sp³-hybridized carbons (Fsp3) is 0.143. The molecule has 0 N–H and O–H groups in total. The van der Waals surface area contributed by atoms with Gasteiger partial charge in [-0.2, -0.15) is 29.8 Å². The van der Waals surface area contributed by atoms with E-state index in [2.05, 4.69) is 78.8 Å². The predicted molar refractivity (Wildman–Crippen MR) is 137 cm³/mol. The van der Waals surface area contributed by atoms with Gasteiger partial charge in [0.25, 0.3) is 0 Å². The summed E-state index contributed by atoms with van der Waals surface area (Å²) in [5.74, 6) is 0. The van der Waals surface area contributed by atoms with Crippen molar-refractivity contribution in [2.45, 2.75) is 26.7 Å². The quantitative estimate of drug-likeness (QED) is 0.192. The number of fused-ring (bicyclic) bond motifs is 3. The van der Waals surface area contributed by atoms with Gasteiger partial charge in [0.05, 0.1) is 0 Å². The Bertz CT molecular complexity index is 945. The van der Waals surface area contributed by atoms with Gasteiger partial charge in [0.1, 0.15) is 0 Å². The normalized spacial score (nSPS) is 11.0. The van der Waals surface area contributed by atoms with Crippen LogP contribution in [-0.2, 0) is 26.4 Å². The molecule has 2 aliphatic carbocycles. The maximum absolute atomic E-state index is 3.45. The van der Waals surface area contributed by atoms with Gasteiger partial charge < -0.3 is 7.43 Å². The average Bonchev–Trinajstić information content (AvgIpc) is 3.40. The van der Waals surface area contributed by atoms with Crippen molar-refractivity contribution in [3.05, 3.63) is 126 Å². The summed E-state index contributed by atoms with van der Waals surface area (Å²) in [5, 5.41) is 0. The topological polar surface area (TPSA) is 0 Å². The van der Waals surface area contributed by atoms with E-state index in [1.807, 2.05) is 50.3 Å². The predicted octanol–water partition coefficient (Wildman–Crippen LogP) is 7.66. The molecule has 31 heavy (non-hydrogen) atoms. The summed E-state index contributed by atoms with van der Waals surface area (Å²) < 4.78 is 2.08. The van der Waals surface area contributed by atoms with E-state index in [1.165, 1.54) is 38.9 Å². The van der Waals surface area contributed by atoms with Gasteiger partial charge in [-0.1, -0.05) is 36.2 Å². The molecule has 0 radical (unpaired) electrons. The van der Waals surface area contributed by atoms with Crippen molar-refractivity contribution in [1.29, 1.82) is 0 Å². The molecular formula is C28H29Cl2Ti-3. The van der Waals surface area contributed by atoms with E-state index < -0.39 is 0 Å². The van der Waals surface area contributed by atoms with E-state index in [9.17, 15) is 0 Å². The van der Waals surface area contributed by atoms with Crippen molar-refractivity contribution in [3.63, 3.8) is 0 Å². The molecule has 0 saturated heterocycles. The molecule has 0 heterocycles. The average molecular weight is 484 g/mol. The van der Waals surface area contributed by atoms with Gasteiger partial charge in [0.2, 0.25) is 0 Å². The van der Waals surface area contributed by atoms with Crippen LogP contribution in [0.25, 0.3) is 11.1 Å². The fourth-order valence-corrected chi connectivity index (χ4v) is 3.56. The number of hydrogen-bond donors (Lipinski definition) is 0. The van der Waals surface area contributed by atoms with Crippen LogP contribution in [-0.4, -0.2) is 4.31 Å². The van der Waals surface area contributed by atoms with Crippen molar-refractivity contribution in [2.24, 2.45) is 0 Å². The number of allylic oxidation sites excluding steroid dienone is 4. The number of rotatable bonds is 1. The standard InChI is InChI=1S/C15H13.C7H6.C5H5.CH3.2ClH.Ti/c1-10-3-5-14-12(7-10)9-13-8-11(2)4-6-15(13)14;1-7-5-3-2-4-6-7;1-2-4-5-3-1;;;;/h3-7H,9H2,1-2H3;1-6H;1-3H,4H2;1H3;2*1H;/q-1;;2*-1;;;. The Balaban J connectivity index is 0.000000481. The number of benzene rings is 3. The maximum atomic E-state index is 3.45. The summed E-state index contributed by atoms with van der Waals surface area (Å²) in [4.78, 5) is 0. The Morgan fingerprint density at radius 1 is 0.903 bits per heavy atom. The first kappa shape index (κ1) is 29.3. The van der Waals surface area contributed by atoms with Crippen molar-refractivity contribution in [1.82, 2.24) is 0 Å². The SMILES string of the molecule is Cc1[c-]c2c(cc1)-c1ccc(C)cc1C2.Cl.Cl.[C-]1=CC=CC1.[CH3-].[Ti]=[CH]c1ccccc1. The van der Waals surface area contributed by atoms with E-state index in [-0.39, 0.29) is 32.2 Å². The second-order valence-corrected chi connectivity index (χ2v) is 7.38. The third-order valence-corrected chi connectivity index (χ3v) is 5.16. The van der Waals surface area contributed by atoms with E-state index in [0.717, 1.165) is 12.8 Å². The monoisotopic (exact) mass is 483 g/mol. The van der Waals surface area contributed by atoms with Crippen LogP contribution in [0, 0.1) is 33.4 Å². The Morgan fingerprint density at radius 3 is 2.16 bits per heavy atom. The zero-order valence-electron chi connectivity index (χ0n) is 18.3. The molecule has 0 aromatic heterocycles. The third-order valence-electron chi connectivity index (χ3n) is 4.64. The van der Waals surface area contributed by atoms with Crippen molar-refractivity contribution in [3.8, 4) is 11.1 Å². The molecule has 0 saturated carbocycles. The van der Waals surface area contributed by atoms with Crippen molar-refractivity contribution >= 4 is 29.1 Å². The molecule has 3 aromatic rings. The molecule has 0 bridgehead atoms. The van der Waals surface area contributed by atoms with E-state index in [4.69, 9.17) is 0 Å². The van der Waals surface area contributed by atoms with Crippen LogP contribution in [0.4, 0.5) is 0 Å². The zero-order valence-corrected chi connectivity index (χ0v) is 21.5. The van der Waals surface area contributed by atoms with Crippen LogP contribution in [0.3, 0.4) is 0 Å². The van der Waals surface area contributed by atoms with Gasteiger partial charge in [-0.05, 0) is 18.9 Å². The Kier molecular flexibility index (Phi) is 14.3. The third kappa shape index (κ3) is 8.75. The van der Waals surface area contributed by atoms with E-state index >= 15 is 0 Å². The van der Waals surface area contributed by atoms with E-state index in [1.54, 1.807) is 0 Å². The minimum atomic E-state index is 0. The van der Waals surface area contributed by atoms with Gasteiger partial charge >= 0.3 is 60.2 Å². The summed E-state index contributed by atoms with van der Waals surface area (Å²) in [7, 11) is 0. The van der Waals surface area contributed by atoms with Gasteiger partial charge in [-0.15, -0.1) is 42.4 Å². The first-order chi connectivity index (χ1) is 13.7. The number of halogens is 2. The second-order valence-electron chi connectivity index (χ2n) is 6.93. The summed E-state index contributed by atoms with van der Waals surface area (Å²) in [6.45, 7) is 4.26. The molecule has 0 spiro atoms. The summed E-state index contributed by atoms with van der Waals surface area (Å²) >= 11 is 2.04. The molecule has 2 aliphatic rings. The Labute approximate surface area is 212 Å². The van der Waals surface area contributed by atoms with Crippen LogP contribution in [0.2, 0.25) is 0 Å². The van der Waals surface area contributed by atoms with Gasteiger partial charge in [-0.25, -0.2) is 12.2 Å². The number of hydrogen-bond acceptors (Lipinski definition) is 0. The minimum absolute atomic E-state index is 0. The van der Waals surface area contributed by atoms with Crippen LogP contribution >= 0.6 is 24.8 Å². The summed E-state index contributed by atoms with van der Waals surface area (Å²) in [6.07, 6.45) is 11.0. The molecular weight excluding hydrogens is 455 g/mol. The summed E-state index contributed by atoms with van der Waals surface area (Å²) in [6, 6.07) is 24.8. The Morgan fingerprint density at radius 2 is 1.61 bits per heavy atom. The molecule has 0 nitrogen and oxygen atoms in total. The van der Waals surface area contributed by atoms with Crippen molar-refractivity contribution in [2.75, 3.05) is 0 Å². The molecule has 3 heteroatoms. The van der Waals surface area contributed by atoms with Crippen LogP contribution in [0.5, 0.6) is 0 Å². The first-order valence-corrected chi connectivity index (χ1v) is 10.5. The summed E-state index contributed by atoms with van der Waals surface area (Å²) in [5.41, 5.74) is 9.44. The zero-order chi connectivity index (χ0) is 19.8. The van der Waals surface area contributed by atoms with Gasteiger partial charge in [0.15, 0.2) is 0 Å². The Hall–Kier alpha value is -1.70. The second kappa shape index (κ2) is 15.2. The molecule has 0 atom stereocenters. The fourth-order valence-electron chi connectivity index (χ4n) is 3.26. The molecule has 5 rings (SSSR count). The van der Waals surface area contributed by atoms with Crippen LogP contribution in [0.15, 0.2) is 78.9 Å². The number of aryl methyl sites for hydroxylation is 2. The van der Waals surface area contributed by atoms with Crippen molar-refractivity contribution < 1.29 is 20.0 Å². The first-order valence-electron chi connectivity index (χ1n) is 9.56. The van der Waals surface area contributed by atoms with Crippen LogP contribution < -0.4 is 0 Å². The molecule has 0 aliphatic heterocycles. The molecule has 3 aromatic carbocycles. The van der Waals surface area contributed by atoms with Gasteiger partial charge in [-0.3, -0.25) is 6.08 Å².